The lowest BCUT2D eigenvalue weighted by atomic mass is 9.95. The average Bonchev–Trinajstić information content (AvgIpc) is 3.73. The van der Waals surface area contributed by atoms with E-state index in [9.17, 15) is 18.8 Å². The zero-order valence-electron chi connectivity index (χ0n) is 30.4. The Hall–Kier alpha value is -5.28. The number of anilines is 1. The molecule has 0 spiro atoms. The molecule has 284 valence electrons. The van der Waals surface area contributed by atoms with Gasteiger partial charge in [-0.3, -0.25) is 19.6 Å². The maximum atomic E-state index is 17.0. The highest BCUT2D eigenvalue weighted by atomic mass is 19.1. The van der Waals surface area contributed by atoms with Crippen LogP contribution >= 0.6 is 0 Å². The number of carbonyl (C=O) groups is 1. The SMILES string of the molecule is C#Cc1c(F)ccc2cccc(-c3ncc4c(N5CCN(C(=O)/C=C/CN6CCOCC6)[C@@H](CC#N)C5)nc(OC[C@@]56CCCN5C[C@H](F)C6)nc4c3F)c12. The molecule has 4 fully saturated rings. The second kappa shape index (κ2) is 15.5. The Morgan fingerprint density at radius 1 is 1.11 bits per heavy atom. The molecule has 11 nitrogen and oxygen atoms in total. The molecule has 2 aromatic heterocycles. The Bertz CT molecular complexity index is 2230. The third-order valence-electron chi connectivity index (χ3n) is 11.4. The quantitative estimate of drug-likeness (QED) is 0.174. The van der Waals surface area contributed by atoms with E-state index in [0.717, 1.165) is 32.5 Å². The summed E-state index contributed by atoms with van der Waals surface area (Å²) in [6.45, 7) is 5.63. The number of benzene rings is 2. The summed E-state index contributed by atoms with van der Waals surface area (Å²) in [7, 11) is 0. The summed E-state index contributed by atoms with van der Waals surface area (Å²) >= 11 is 0. The van der Waals surface area contributed by atoms with Crippen molar-refractivity contribution in [3.63, 3.8) is 0 Å². The zero-order chi connectivity index (χ0) is 38.1. The van der Waals surface area contributed by atoms with Gasteiger partial charge in [0.25, 0.3) is 0 Å². The fourth-order valence-corrected chi connectivity index (χ4v) is 8.65. The van der Waals surface area contributed by atoms with Crippen molar-refractivity contribution >= 4 is 33.4 Å². The number of carbonyl (C=O) groups excluding carboxylic acids is 1. The van der Waals surface area contributed by atoms with E-state index < -0.39 is 29.4 Å². The fourth-order valence-electron chi connectivity index (χ4n) is 8.65. The van der Waals surface area contributed by atoms with Crippen LogP contribution in [-0.4, -0.2) is 125 Å². The van der Waals surface area contributed by atoms with E-state index in [1.54, 1.807) is 35.2 Å². The highest BCUT2D eigenvalue weighted by Gasteiger charge is 2.49. The van der Waals surface area contributed by atoms with E-state index in [-0.39, 0.29) is 54.8 Å². The number of hydrogen-bond acceptors (Lipinski definition) is 10. The van der Waals surface area contributed by atoms with Gasteiger partial charge in [0.15, 0.2) is 5.82 Å². The average molecular weight is 751 g/mol. The highest BCUT2D eigenvalue weighted by molar-refractivity contribution is 6.02. The van der Waals surface area contributed by atoms with Crippen LogP contribution in [0.5, 0.6) is 6.01 Å². The molecule has 0 bridgehead atoms. The number of aromatic nitrogens is 3. The summed E-state index contributed by atoms with van der Waals surface area (Å²) in [5, 5.41) is 11.1. The molecule has 2 aromatic carbocycles. The lowest BCUT2D eigenvalue weighted by Crippen LogP contribution is -2.55. The van der Waals surface area contributed by atoms with Crippen LogP contribution in [0.3, 0.4) is 0 Å². The number of piperazine rings is 1. The largest absolute Gasteiger partial charge is 0.461 e. The molecule has 55 heavy (non-hydrogen) atoms. The zero-order valence-corrected chi connectivity index (χ0v) is 30.4. The van der Waals surface area contributed by atoms with Crippen LogP contribution < -0.4 is 9.64 Å². The standard InChI is InChI=1S/C41H41F3N8O3/c1-2-30-33(43)10-9-27-6-3-7-31(35(27)30)37-36(44)38-32(23-46-37)39(48-40(47-38)55-26-41-12-5-15-51(41)24-28(42)22-41)50-16-17-52(29(25-50)11-13-45)34(53)8-4-14-49-18-20-54-21-19-49/h1,3-4,6-10,23,28-29H,5,11-12,14-22,24-26H2/b8-4+/t28-,29+,41+/m1/s1. The van der Waals surface area contributed by atoms with Crippen LogP contribution in [0, 0.1) is 35.3 Å². The molecule has 6 heterocycles. The normalized spacial score (nSPS) is 23.4. The minimum atomic E-state index is -0.966. The van der Waals surface area contributed by atoms with E-state index in [1.165, 1.54) is 12.3 Å². The molecule has 0 radical (unpaired) electrons. The first-order chi connectivity index (χ1) is 26.8. The van der Waals surface area contributed by atoms with Gasteiger partial charge >= 0.3 is 6.01 Å². The number of alkyl halides is 1. The van der Waals surface area contributed by atoms with Crippen molar-refractivity contribution in [3.8, 4) is 35.7 Å². The molecule has 3 atom stereocenters. The number of nitriles is 1. The van der Waals surface area contributed by atoms with E-state index in [4.69, 9.17) is 20.9 Å². The molecule has 0 aliphatic carbocycles. The summed E-state index contributed by atoms with van der Waals surface area (Å²) < 4.78 is 58.3. The number of fused-ring (bicyclic) bond motifs is 3. The first kappa shape index (κ1) is 36.7. The number of amides is 1. The number of ether oxygens (including phenoxy) is 2. The van der Waals surface area contributed by atoms with Gasteiger partial charge in [0, 0.05) is 75.5 Å². The van der Waals surface area contributed by atoms with E-state index >= 15 is 4.39 Å². The lowest BCUT2D eigenvalue weighted by molar-refractivity contribution is -0.128. The van der Waals surface area contributed by atoms with Crippen LogP contribution in [0.2, 0.25) is 0 Å². The van der Waals surface area contributed by atoms with E-state index in [0.29, 0.717) is 66.8 Å². The van der Waals surface area contributed by atoms with Crippen molar-refractivity contribution in [2.75, 3.05) is 77.1 Å². The smallest absolute Gasteiger partial charge is 0.319 e. The molecule has 0 saturated carbocycles. The topological polar surface area (TPSA) is 111 Å². The molecule has 4 aromatic rings. The second-order valence-electron chi connectivity index (χ2n) is 14.7. The number of halogens is 3. The third kappa shape index (κ3) is 7.06. The second-order valence-corrected chi connectivity index (χ2v) is 14.7. The van der Waals surface area contributed by atoms with Gasteiger partial charge in [0.2, 0.25) is 5.91 Å². The molecule has 4 saturated heterocycles. The number of nitrogens with zero attached hydrogens (tertiary/aromatic N) is 8. The number of pyridine rings is 1. The number of hydrogen-bond donors (Lipinski definition) is 0. The van der Waals surface area contributed by atoms with Crippen LogP contribution in [-0.2, 0) is 9.53 Å². The molecule has 14 heteroatoms. The molecule has 4 aliphatic heterocycles. The molecular formula is C41H41F3N8O3. The summed E-state index contributed by atoms with van der Waals surface area (Å²) in [6, 6.07) is 9.64. The van der Waals surface area contributed by atoms with Gasteiger partial charge in [-0.1, -0.05) is 36.3 Å². The fraction of sp³-hybridized carbons (Fsp3) is 0.439. The molecule has 0 N–H and O–H groups in total. The summed E-state index contributed by atoms with van der Waals surface area (Å²) in [6.07, 6.45) is 11.7. The number of rotatable bonds is 9. The van der Waals surface area contributed by atoms with Gasteiger partial charge < -0.3 is 19.3 Å². The van der Waals surface area contributed by atoms with Crippen LogP contribution in [0.15, 0.2) is 48.7 Å². The predicted molar refractivity (Wildman–Crippen MR) is 201 cm³/mol. The van der Waals surface area contributed by atoms with Crippen LogP contribution in [0.25, 0.3) is 32.9 Å². The van der Waals surface area contributed by atoms with Crippen molar-refractivity contribution in [2.45, 2.75) is 43.4 Å². The lowest BCUT2D eigenvalue weighted by Gasteiger charge is -2.41. The van der Waals surface area contributed by atoms with Crippen molar-refractivity contribution < 1.29 is 27.4 Å². The Morgan fingerprint density at radius 2 is 1.96 bits per heavy atom. The van der Waals surface area contributed by atoms with Gasteiger partial charge in [0.1, 0.15) is 35.6 Å². The molecular weight excluding hydrogens is 709 g/mol. The Morgan fingerprint density at radius 3 is 2.78 bits per heavy atom. The minimum absolute atomic E-state index is 0.00297. The third-order valence-corrected chi connectivity index (χ3v) is 11.4. The predicted octanol–water partition coefficient (Wildman–Crippen LogP) is 4.88. The first-order valence-corrected chi connectivity index (χ1v) is 18.7. The Labute approximate surface area is 317 Å². The highest BCUT2D eigenvalue weighted by Crippen LogP contribution is 2.41. The number of morpholine rings is 1. The molecule has 8 rings (SSSR count). The minimum Gasteiger partial charge on any atom is -0.461 e. The van der Waals surface area contributed by atoms with Gasteiger partial charge in [0.05, 0.1) is 48.2 Å². The first-order valence-electron chi connectivity index (χ1n) is 18.7. The Balaban J connectivity index is 1.15. The molecule has 0 unspecified atom stereocenters. The summed E-state index contributed by atoms with van der Waals surface area (Å²) in [5.41, 5.74) is -0.351. The number of terminal acetylenes is 1. The summed E-state index contributed by atoms with van der Waals surface area (Å²) in [4.78, 5) is 35.3. The maximum absolute atomic E-state index is 17.0. The van der Waals surface area contributed by atoms with Crippen molar-refractivity contribution in [1.29, 1.82) is 5.26 Å². The van der Waals surface area contributed by atoms with Gasteiger partial charge in [-0.2, -0.15) is 15.2 Å². The van der Waals surface area contributed by atoms with Crippen LogP contribution in [0.4, 0.5) is 19.0 Å². The maximum Gasteiger partial charge on any atom is 0.319 e. The summed E-state index contributed by atoms with van der Waals surface area (Å²) in [5.74, 6) is 1.17. The van der Waals surface area contributed by atoms with Gasteiger partial charge in [-0.15, -0.1) is 6.42 Å². The molecule has 4 aliphatic rings. The van der Waals surface area contributed by atoms with Gasteiger partial charge in [-0.25, -0.2) is 13.2 Å². The Kier molecular flexibility index (Phi) is 10.3. The van der Waals surface area contributed by atoms with E-state index in [2.05, 4.69) is 31.8 Å². The van der Waals surface area contributed by atoms with Crippen molar-refractivity contribution in [1.82, 2.24) is 29.7 Å². The monoisotopic (exact) mass is 750 g/mol. The van der Waals surface area contributed by atoms with Gasteiger partial charge in [-0.05, 0) is 30.8 Å². The van der Waals surface area contributed by atoms with Crippen molar-refractivity contribution in [2.24, 2.45) is 0 Å². The van der Waals surface area contributed by atoms with E-state index in [1.807, 2.05) is 11.0 Å². The van der Waals surface area contributed by atoms with Crippen molar-refractivity contribution in [3.05, 3.63) is 65.9 Å². The van der Waals surface area contributed by atoms with Crippen LogP contribution in [0.1, 0.15) is 31.2 Å². The molecule has 1 amide bonds.